The molecule has 1 aromatic carbocycles. The van der Waals surface area contributed by atoms with Gasteiger partial charge < -0.3 is 5.73 Å². The number of nitrogens with zero attached hydrogens (tertiary/aromatic N) is 2. The number of rotatable bonds is 2. The first-order chi connectivity index (χ1) is 6.77. The fourth-order valence-electron chi connectivity index (χ4n) is 1.29. The summed E-state index contributed by atoms with van der Waals surface area (Å²) in [4.78, 5) is 0. The van der Waals surface area contributed by atoms with Crippen LogP contribution in [0.15, 0.2) is 42.7 Å². The predicted molar refractivity (Wildman–Crippen MR) is 56.0 cm³/mol. The molecular weight excluding hydrogens is 198 g/mol. The minimum Gasteiger partial charge on any atom is -0.306 e. The highest BCUT2D eigenvalue weighted by Crippen LogP contribution is 2.16. The number of benzene rings is 1. The van der Waals surface area contributed by atoms with Gasteiger partial charge in [0.1, 0.15) is 6.17 Å². The highest BCUT2D eigenvalue weighted by atomic mass is 35.5. The third-order valence-corrected chi connectivity index (χ3v) is 2.24. The molecule has 0 radical (unpaired) electrons. The summed E-state index contributed by atoms with van der Waals surface area (Å²) >= 11 is 5.87. The maximum absolute atomic E-state index is 5.97. The van der Waals surface area contributed by atoms with Crippen molar-refractivity contribution < 1.29 is 0 Å². The van der Waals surface area contributed by atoms with Gasteiger partial charge in [0.2, 0.25) is 0 Å². The fraction of sp³-hybridized carbons (Fsp3) is 0.100. The molecule has 0 bridgehead atoms. The van der Waals surface area contributed by atoms with Crippen molar-refractivity contribution in [2.24, 2.45) is 5.73 Å². The molecule has 3 nitrogen and oxygen atoms in total. The lowest BCUT2D eigenvalue weighted by molar-refractivity contribution is 0.542. The summed E-state index contributed by atoms with van der Waals surface area (Å²) in [5, 5.41) is 4.76. The van der Waals surface area contributed by atoms with Crippen LogP contribution in [0.1, 0.15) is 11.7 Å². The van der Waals surface area contributed by atoms with E-state index in [2.05, 4.69) is 5.10 Å². The Labute approximate surface area is 87.1 Å². The third kappa shape index (κ3) is 1.78. The van der Waals surface area contributed by atoms with Crippen molar-refractivity contribution in [3.8, 4) is 0 Å². The maximum Gasteiger partial charge on any atom is 0.125 e. The molecule has 0 aliphatic carbocycles. The molecule has 1 aromatic heterocycles. The van der Waals surface area contributed by atoms with Gasteiger partial charge in [0.05, 0.1) is 0 Å². The predicted octanol–water partition coefficient (Wildman–Crippen LogP) is 2.04. The van der Waals surface area contributed by atoms with E-state index >= 15 is 0 Å². The lowest BCUT2D eigenvalue weighted by atomic mass is 10.2. The van der Waals surface area contributed by atoms with Crippen molar-refractivity contribution in [3.05, 3.63) is 53.3 Å². The van der Waals surface area contributed by atoms with E-state index < -0.39 is 0 Å². The van der Waals surface area contributed by atoms with Gasteiger partial charge in [-0.2, -0.15) is 5.10 Å². The van der Waals surface area contributed by atoms with Crippen molar-refractivity contribution in [2.45, 2.75) is 6.17 Å². The number of aromatic nitrogens is 2. The molecule has 0 aliphatic rings. The quantitative estimate of drug-likeness (QED) is 0.819. The third-order valence-electron chi connectivity index (χ3n) is 2.00. The number of nitrogens with two attached hydrogens (primary N) is 1. The van der Waals surface area contributed by atoms with Gasteiger partial charge in [-0.05, 0) is 23.8 Å². The molecule has 0 fully saturated rings. The second kappa shape index (κ2) is 3.82. The average molecular weight is 208 g/mol. The van der Waals surface area contributed by atoms with Crippen molar-refractivity contribution in [2.75, 3.05) is 0 Å². The maximum atomic E-state index is 5.97. The van der Waals surface area contributed by atoms with Crippen LogP contribution in [-0.2, 0) is 0 Å². The van der Waals surface area contributed by atoms with Gasteiger partial charge in [-0.1, -0.05) is 23.7 Å². The van der Waals surface area contributed by atoms with Crippen LogP contribution >= 0.6 is 11.6 Å². The van der Waals surface area contributed by atoms with Gasteiger partial charge in [-0.25, -0.2) is 0 Å². The summed E-state index contributed by atoms with van der Waals surface area (Å²) in [5.74, 6) is 0. The Balaban J connectivity index is 2.32. The van der Waals surface area contributed by atoms with Gasteiger partial charge in [0.15, 0.2) is 0 Å². The largest absolute Gasteiger partial charge is 0.306 e. The molecular formula is C10H10ClN3. The molecule has 0 aliphatic heterocycles. The molecule has 4 heteroatoms. The van der Waals surface area contributed by atoms with Gasteiger partial charge in [0, 0.05) is 17.4 Å². The van der Waals surface area contributed by atoms with Crippen LogP contribution in [0.5, 0.6) is 0 Å². The van der Waals surface area contributed by atoms with Crippen molar-refractivity contribution in [1.29, 1.82) is 0 Å². The first-order valence-corrected chi connectivity index (χ1v) is 4.65. The van der Waals surface area contributed by atoms with Gasteiger partial charge in [-0.15, -0.1) is 0 Å². The van der Waals surface area contributed by atoms with E-state index in [-0.39, 0.29) is 6.17 Å². The van der Waals surface area contributed by atoms with Crippen molar-refractivity contribution in [3.63, 3.8) is 0 Å². The molecule has 14 heavy (non-hydrogen) atoms. The standard InChI is InChI=1S/C10H10ClN3/c11-9-4-1-3-8(7-9)10(12)14-6-2-5-13-14/h1-7,10H,12H2. The average Bonchev–Trinajstić information content (AvgIpc) is 2.69. The number of halogens is 1. The Kier molecular flexibility index (Phi) is 2.52. The van der Waals surface area contributed by atoms with E-state index in [1.54, 1.807) is 10.9 Å². The zero-order valence-electron chi connectivity index (χ0n) is 7.47. The Morgan fingerprint density at radius 2 is 2.21 bits per heavy atom. The summed E-state index contributed by atoms with van der Waals surface area (Å²) in [6, 6.07) is 9.30. The SMILES string of the molecule is NC(c1cccc(Cl)c1)n1cccn1. The molecule has 2 N–H and O–H groups in total. The molecule has 72 valence electrons. The Morgan fingerprint density at radius 3 is 2.86 bits per heavy atom. The van der Waals surface area contributed by atoms with Gasteiger partial charge in [-0.3, -0.25) is 4.68 Å². The normalized spacial score (nSPS) is 12.7. The van der Waals surface area contributed by atoms with Crippen LogP contribution in [0.3, 0.4) is 0 Å². The number of hydrogen-bond donors (Lipinski definition) is 1. The highest BCUT2D eigenvalue weighted by molar-refractivity contribution is 6.30. The molecule has 2 rings (SSSR count). The Bertz CT molecular complexity index is 411. The minimum atomic E-state index is -0.274. The molecule has 0 saturated heterocycles. The van der Waals surface area contributed by atoms with Crippen LogP contribution in [0.2, 0.25) is 5.02 Å². The topological polar surface area (TPSA) is 43.8 Å². The summed E-state index contributed by atoms with van der Waals surface area (Å²) in [6.45, 7) is 0. The molecule has 0 amide bonds. The second-order valence-electron chi connectivity index (χ2n) is 2.99. The smallest absolute Gasteiger partial charge is 0.125 e. The van der Waals surface area contributed by atoms with Crippen LogP contribution in [0, 0.1) is 0 Å². The van der Waals surface area contributed by atoms with E-state index in [1.807, 2.05) is 36.5 Å². The summed E-state index contributed by atoms with van der Waals surface area (Å²) < 4.78 is 1.69. The summed E-state index contributed by atoms with van der Waals surface area (Å²) in [6.07, 6.45) is 3.25. The summed E-state index contributed by atoms with van der Waals surface area (Å²) in [5.41, 5.74) is 6.92. The molecule has 1 atom stereocenters. The van der Waals surface area contributed by atoms with Crippen molar-refractivity contribution in [1.82, 2.24) is 9.78 Å². The Hall–Kier alpha value is -1.32. The molecule has 1 heterocycles. The molecule has 1 unspecified atom stereocenters. The lowest BCUT2D eigenvalue weighted by Gasteiger charge is -2.12. The zero-order chi connectivity index (χ0) is 9.97. The van der Waals surface area contributed by atoms with Gasteiger partial charge >= 0.3 is 0 Å². The fourth-order valence-corrected chi connectivity index (χ4v) is 1.49. The van der Waals surface area contributed by atoms with Crippen LogP contribution in [-0.4, -0.2) is 9.78 Å². The highest BCUT2D eigenvalue weighted by Gasteiger charge is 2.07. The summed E-state index contributed by atoms with van der Waals surface area (Å²) in [7, 11) is 0. The van der Waals surface area contributed by atoms with Crippen LogP contribution in [0.25, 0.3) is 0 Å². The van der Waals surface area contributed by atoms with E-state index in [0.29, 0.717) is 5.02 Å². The van der Waals surface area contributed by atoms with E-state index in [9.17, 15) is 0 Å². The van der Waals surface area contributed by atoms with Crippen molar-refractivity contribution >= 4 is 11.6 Å². The zero-order valence-corrected chi connectivity index (χ0v) is 8.22. The minimum absolute atomic E-state index is 0.274. The lowest BCUT2D eigenvalue weighted by Crippen LogP contribution is -2.20. The first kappa shape index (κ1) is 9.24. The van der Waals surface area contributed by atoms with E-state index in [1.165, 1.54) is 0 Å². The Morgan fingerprint density at radius 1 is 1.36 bits per heavy atom. The second-order valence-corrected chi connectivity index (χ2v) is 3.42. The molecule has 2 aromatic rings. The van der Waals surface area contributed by atoms with E-state index in [0.717, 1.165) is 5.56 Å². The van der Waals surface area contributed by atoms with Crippen LogP contribution in [0.4, 0.5) is 0 Å². The van der Waals surface area contributed by atoms with E-state index in [4.69, 9.17) is 17.3 Å². The van der Waals surface area contributed by atoms with Crippen LogP contribution < -0.4 is 5.73 Å². The molecule has 0 spiro atoms. The molecule has 0 saturated carbocycles. The monoisotopic (exact) mass is 207 g/mol. The van der Waals surface area contributed by atoms with Gasteiger partial charge in [0.25, 0.3) is 0 Å². The first-order valence-electron chi connectivity index (χ1n) is 4.27. The number of hydrogen-bond acceptors (Lipinski definition) is 2.